The second-order valence-corrected chi connectivity index (χ2v) is 5.51. The summed E-state index contributed by atoms with van der Waals surface area (Å²) in [4.78, 5) is 12.1. The average Bonchev–Trinajstić information content (AvgIpc) is 3.04. The van der Waals surface area contributed by atoms with E-state index >= 15 is 0 Å². The van der Waals surface area contributed by atoms with Crippen molar-refractivity contribution in [2.75, 3.05) is 7.11 Å². The number of amides is 1. The molecule has 1 N–H and O–H groups in total. The first-order valence-electron chi connectivity index (χ1n) is 6.78. The molecule has 0 unspecified atom stereocenters. The molecule has 0 radical (unpaired) electrons. The molecule has 1 aliphatic heterocycles. The highest BCUT2D eigenvalue weighted by Gasteiger charge is 2.24. The van der Waals surface area contributed by atoms with E-state index in [-0.39, 0.29) is 12.0 Å². The summed E-state index contributed by atoms with van der Waals surface area (Å²) in [7, 11) is 1.69. The van der Waals surface area contributed by atoms with Crippen molar-refractivity contribution < 1.29 is 9.53 Å². The molecule has 0 saturated heterocycles. The van der Waals surface area contributed by atoms with E-state index in [2.05, 4.69) is 10.4 Å². The molecule has 0 saturated carbocycles. The summed E-state index contributed by atoms with van der Waals surface area (Å²) >= 11 is 5.83. The van der Waals surface area contributed by atoms with Gasteiger partial charge in [0.15, 0.2) is 0 Å². The quantitative estimate of drug-likeness (QED) is 0.940. The fraction of sp³-hybridized carbons (Fsp3) is 0.333. The largest absolute Gasteiger partial charge is 0.379 e. The summed E-state index contributed by atoms with van der Waals surface area (Å²) in [6.45, 7) is 1.16. The first kappa shape index (κ1) is 14.1. The number of nitrogens with zero attached hydrogens (tertiary/aromatic N) is 2. The monoisotopic (exact) mass is 305 g/mol. The lowest BCUT2D eigenvalue weighted by Gasteiger charge is -2.06. The zero-order valence-corrected chi connectivity index (χ0v) is 12.4. The minimum absolute atomic E-state index is 0.165. The highest BCUT2D eigenvalue weighted by atomic mass is 35.5. The van der Waals surface area contributed by atoms with Crippen LogP contribution in [-0.2, 0) is 24.2 Å². The lowest BCUT2D eigenvalue weighted by atomic mass is 10.2. The molecule has 1 aliphatic rings. The number of fused-ring (bicyclic) bond motifs is 1. The van der Waals surface area contributed by atoms with Crippen LogP contribution in [0, 0.1) is 0 Å². The number of carbonyl (C=O) groups is 1. The summed E-state index contributed by atoms with van der Waals surface area (Å²) < 4.78 is 7.13. The number of ether oxygens (including phenoxy) is 1. The van der Waals surface area contributed by atoms with E-state index in [1.165, 1.54) is 0 Å². The number of hydrogen-bond acceptors (Lipinski definition) is 3. The lowest BCUT2D eigenvalue weighted by molar-refractivity contribution is 0.0933. The predicted molar refractivity (Wildman–Crippen MR) is 79.4 cm³/mol. The number of rotatable bonds is 4. The van der Waals surface area contributed by atoms with E-state index in [1.807, 2.05) is 22.9 Å². The molecule has 5 nitrogen and oxygen atoms in total. The molecule has 6 heteroatoms. The topological polar surface area (TPSA) is 56.1 Å². The Hall–Kier alpha value is -1.85. The Bertz CT molecular complexity index is 628. The fourth-order valence-corrected chi connectivity index (χ4v) is 2.54. The molecular formula is C15H16ClN3O2. The zero-order chi connectivity index (χ0) is 14.8. The van der Waals surface area contributed by atoms with Gasteiger partial charge < -0.3 is 10.1 Å². The second-order valence-electron chi connectivity index (χ2n) is 5.07. The van der Waals surface area contributed by atoms with E-state index in [0.29, 0.717) is 23.8 Å². The zero-order valence-electron chi connectivity index (χ0n) is 11.7. The molecule has 21 heavy (non-hydrogen) atoms. The summed E-state index contributed by atoms with van der Waals surface area (Å²) in [5, 5.41) is 7.86. The van der Waals surface area contributed by atoms with Crippen molar-refractivity contribution in [3.63, 3.8) is 0 Å². The maximum atomic E-state index is 12.1. The smallest absolute Gasteiger partial charge is 0.272 e. The molecule has 0 fully saturated rings. The van der Waals surface area contributed by atoms with Crippen molar-refractivity contribution in [3.8, 4) is 0 Å². The molecule has 1 aromatic heterocycles. The molecule has 1 amide bonds. The van der Waals surface area contributed by atoms with E-state index in [4.69, 9.17) is 16.3 Å². The SMILES string of the molecule is CO[C@H]1Cc2cc(C(=O)NCc3ccc(Cl)cc3)nn2C1. The number of benzene rings is 1. The van der Waals surface area contributed by atoms with Crippen LogP contribution in [0.4, 0.5) is 0 Å². The van der Waals surface area contributed by atoms with Crippen molar-refractivity contribution >= 4 is 17.5 Å². The van der Waals surface area contributed by atoms with Crippen molar-refractivity contribution in [2.45, 2.75) is 25.6 Å². The van der Waals surface area contributed by atoms with Crippen LogP contribution >= 0.6 is 11.6 Å². The maximum absolute atomic E-state index is 12.1. The van der Waals surface area contributed by atoms with Gasteiger partial charge in [-0.3, -0.25) is 9.48 Å². The van der Waals surface area contributed by atoms with Gasteiger partial charge in [-0.05, 0) is 23.8 Å². The van der Waals surface area contributed by atoms with Gasteiger partial charge in [0.2, 0.25) is 0 Å². The second kappa shape index (κ2) is 5.87. The van der Waals surface area contributed by atoms with Crippen LogP contribution in [0.15, 0.2) is 30.3 Å². The normalized spacial score (nSPS) is 16.8. The highest BCUT2D eigenvalue weighted by Crippen LogP contribution is 2.18. The Balaban J connectivity index is 1.60. The van der Waals surface area contributed by atoms with E-state index < -0.39 is 0 Å². The van der Waals surface area contributed by atoms with Gasteiger partial charge in [0.1, 0.15) is 5.69 Å². The van der Waals surface area contributed by atoms with Crippen LogP contribution < -0.4 is 5.32 Å². The van der Waals surface area contributed by atoms with E-state index in [1.54, 1.807) is 19.2 Å². The molecule has 110 valence electrons. The minimum atomic E-state index is -0.166. The first-order valence-corrected chi connectivity index (χ1v) is 7.15. The van der Waals surface area contributed by atoms with Gasteiger partial charge in [0, 0.05) is 30.8 Å². The Morgan fingerprint density at radius 1 is 1.48 bits per heavy atom. The van der Waals surface area contributed by atoms with Gasteiger partial charge in [-0.1, -0.05) is 23.7 Å². The van der Waals surface area contributed by atoms with Crippen LogP contribution in [0.1, 0.15) is 21.7 Å². The highest BCUT2D eigenvalue weighted by molar-refractivity contribution is 6.30. The Morgan fingerprint density at radius 3 is 2.90 bits per heavy atom. The van der Waals surface area contributed by atoms with Crippen molar-refractivity contribution in [1.29, 1.82) is 0 Å². The molecule has 3 rings (SSSR count). The van der Waals surface area contributed by atoms with Crippen LogP contribution in [0.5, 0.6) is 0 Å². The standard InChI is InChI=1S/C15H16ClN3O2/c1-21-13-6-12-7-14(18-19(12)9-13)15(20)17-8-10-2-4-11(16)5-3-10/h2-5,7,13H,6,8-9H2,1H3,(H,17,20)/t13-/m0/s1. The summed E-state index contributed by atoms with van der Waals surface area (Å²) in [6.07, 6.45) is 0.965. The number of halogens is 1. The van der Waals surface area contributed by atoms with Gasteiger partial charge in [-0.2, -0.15) is 5.10 Å². The predicted octanol–water partition coefficient (Wildman–Crippen LogP) is 2.04. The minimum Gasteiger partial charge on any atom is -0.379 e. The third-order valence-corrected chi connectivity index (χ3v) is 3.86. The number of nitrogens with one attached hydrogen (secondary N) is 1. The molecule has 2 aromatic rings. The summed E-state index contributed by atoms with van der Waals surface area (Å²) in [5.41, 5.74) is 2.49. The third kappa shape index (κ3) is 3.09. The van der Waals surface area contributed by atoms with Crippen LogP contribution in [-0.4, -0.2) is 28.9 Å². The summed E-state index contributed by atoms with van der Waals surface area (Å²) in [6, 6.07) is 9.21. The third-order valence-electron chi connectivity index (χ3n) is 3.61. The number of aromatic nitrogens is 2. The molecule has 1 atom stereocenters. The number of methoxy groups -OCH3 is 1. The van der Waals surface area contributed by atoms with Crippen LogP contribution in [0.2, 0.25) is 5.02 Å². The van der Waals surface area contributed by atoms with E-state index in [0.717, 1.165) is 17.7 Å². The van der Waals surface area contributed by atoms with Gasteiger partial charge in [0.05, 0.1) is 12.6 Å². The fourth-order valence-electron chi connectivity index (χ4n) is 2.41. The van der Waals surface area contributed by atoms with Crippen molar-refractivity contribution in [1.82, 2.24) is 15.1 Å². The van der Waals surface area contributed by atoms with Gasteiger partial charge in [0.25, 0.3) is 5.91 Å². The lowest BCUT2D eigenvalue weighted by Crippen LogP contribution is -2.24. The maximum Gasteiger partial charge on any atom is 0.272 e. The van der Waals surface area contributed by atoms with Crippen molar-refractivity contribution in [3.05, 3.63) is 52.3 Å². The van der Waals surface area contributed by atoms with Crippen LogP contribution in [0.3, 0.4) is 0 Å². The molecular weight excluding hydrogens is 290 g/mol. The number of hydrogen-bond donors (Lipinski definition) is 1. The van der Waals surface area contributed by atoms with Gasteiger partial charge >= 0.3 is 0 Å². The van der Waals surface area contributed by atoms with Gasteiger partial charge in [-0.25, -0.2) is 0 Å². The Morgan fingerprint density at radius 2 is 2.24 bits per heavy atom. The average molecular weight is 306 g/mol. The van der Waals surface area contributed by atoms with Gasteiger partial charge in [-0.15, -0.1) is 0 Å². The Labute approximate surface area is 127 Å². The summed E-state index contributed by atoms with van der Waals surface area (Å²) in [5.74, 6) is -0.166. The molecule has 1 aromatic carbocycles. The molecule has 0 aliphatic carbocycles. The number of carbonyl (C=O) groups excluding carboxylic acids is 1. The van der Waals surface area contributed by atoms with E-state index in [9.17, 15) is 4.79 Å². The molecule has 0 bridgehead atoms. The first-order chi connectivity index (χ1) is 10.2. The Kier molecular flexibility index (Phi) is 3.94. The molecule has 0 spiro atoms. The van der Waals surface area contributed by atoms with Crippen LogP contribution in [0.25, 0.3) is 0 Å². The molecule has 2 heterocycles. The van der Waals surface area contributed by atoms with Crippen molar-refractivity contribution in [2.24, 2.45) is 0 Å².